The van der Waals surface area contributed by atoms with Gasteiger partial charge in [0.2, 0.25) is 0 Å². The number of rotatable bonds is 2. The minimum absolute atomic E-state index is 0.0151. The molecule has 0 amide bonds. The first kappa shape index (κ1) is 18.1. The molecule has 0 aliphatic heterocycles. The van der Waals surface area contributed by atoms with E-state index in [0.717, 1.165) is 18.4 Å². The standard InChI is InChI=1S/C20H32O4/c1-12(2)20(24)8-5-14-13(10-20)15(22)9-16-18(14,3)7-6-17(23)19(16,4)11-21/h10,12,14,16-17,21,23-24H,5-9,11H2,1-4H3. The van der Waals surface area contributed by atoms with Crippen molar-refractivity contribution in [3.63, 3.8) is 0 Å². The molecule has 2 fully saturated rings. The number of ketones is 1. The van der Waals surface area contributed by atoms with Crippen LogP contribution in [0.4, 0.5) is 0 Å². The first-order chi connectivity index (χ1) is 11.1. The molecule has 0 bridgehead atoms. The lowest BCUT2D eigenvalue weighted by molar-refractivity contribution is -0.163. The van der Waals surface area contributed by atoms with Crippen LogP contribution in [0.1, 0.15) is 59.8 Å². The first-order valence-electron chi connectivity index (χ1n) is 9.36. The molecule has 2 saturated carbocycles. The van der Waals surface area contributed by atoms with Gasteiger partial charge in [-0.25, -0.2) is 0 Å². The molecule has 3 N–H and O–H groups in total. The first-order valence-corrected chi connectivity index (χ1v) is 9.36. The molecule has 0 saturated heterocycles. The summed E-state index contributed by atoms with van der Waals surface area (Å²) in [4.78, 5) is 12.9. The van der Waals surface area contributed by atoms with Gasteiger partial charge in [-0.2, -0.15) is 0 Å². The number of carbonyl (C=O) groups excluding carboxylic acids is 1. The molecule has 4 nitrogen and oxygen atoms in total. The molecular formula is C20H32O4. The van der Waals surface area contributed by atoms with Crippen molar-refractivity contribution in [1.29, 1.82) is 0 Å². The summed E-state index contributed by atoms with van der Waals surface area (Å²) < 4.78 is 0. The van der Waals surface area contributed by atoms with E-state index >= 15 is 0 Å². The third kappa shape index (κ3) is 2.33. The van der Waals surface area contributed by atoms with Crippen molar-refractivity contribution in [1.82, 2.24) is 0 Å². The van der Waals surface area contributed by atoms with Gasteiger partial charge in [-0.15, -0.1) is 0 Å². The van der Waals surface area contributed by atoms with Gasteiger partial charge < -0.3 is 15.3 Å². The lowest BCUT2D eigenvalue weighted by Gasteiger charge is -2.60. The second kappa shape index (κ2) is 5.65. The fraction of sp³-hybridized carbons (Fsp3) is 0.850. The Morgan fingerprint density at radius 1 is 1.25 bits per heavy atom. The molecule has 0 aromatic rings. The van der Waals surface area contributed by atoms with E-state index in [1.807, 2.05) is 26.8 Å². The zero-order valence-corrected chi connectivity index (χ0v) is 15.4. The number of aliphatic hydroxyl groups is 3. The Morgan fingerprint density at radius 2 is 1.92 bits per heavy atom. The summed E-state index contributed by atoms with van der Waals surface area (Å²) in [6.07, 6.45) is 4.65. The number of allylic oxidation sites excluding steroid dienone is 1. The molecule has 6 atom stereocenters. The topological polar surface area (TPSA) is 77.8 Å². The Hall–Kier alpha value is -0.710. The van der Waals surface area contributed by atoms with E-state index in [0.29, 0.717) is 19.3 Å². The molecule has 3 aliphatic carbocycles. The molecule has 0 aromatic carbocycles. The Labute approximate surface area is 145 Å². The molecule has 136 valence electrons. The maximum absolute atomic E-state index is 12.9. The van der Waals surface area contributed by atoms with Gasteiger partial charge >= 0.3 is 0 Å². The van der Waals surface area contributed by atoms with E-state index in [1.54, 1.807) is 0 Å². The van der Waals surface area contributed by atoms with Crippen LogP contribution >= 0.6 is 0 Å². The van der Waals surface area contributed by atoms with Crippen molar-refractivity contribution in [2.75, 3.05) is 6.61 Å². The van der Waals surface area contributed by atoms with Crippen LogP contribution in [0.5, 0.6) is 0 Å². The van der Waals surface area contributed by atoms with Crippen LogP contribution in [0.2, 0.25) is 0 Å². The van der Waals surface area contributed by atoms with E-state index in [4.69, 9.17) is 0 Å². The summed E-state index contributed by atoms with van der Waals surface area (Å²) in [7, 11) is 0. The number of hydrogen-bond donors (Lipinski definition) is 3. The Kier molecular flexibility index (Phi) is 4.26. The third-order valence-electron chi connectivity index (χ3n) is 7.77. The minimum Gasteiger partial charge on any atom is -0.396 e. The molecule has 3 aliphatic rings. The van der Waals surface area contributed by atoms with E-state index in [1.165, 1.54) is 0 Å². The summed E-state index contributed by atoms with van der Waals surface area (Å²) in [6.45, 7) is 8.05. The van der Waals surface area contributed by atoms with Gasteiger partial charge in [0.15, 0.2) is 5.78 Å². The van der Waals surface area contributed by atoms with Crippen LogP contribution < -0.4 is 0 Å². The minimum atomic E-state index is -0.890. The van der Waals surface area contributed by atoms with Gasteiger partial charge in [-0.05, 0) is 60.5 Å². The fourth-order valence-electron chi connectivity index (χ4n) is 5.73. The number of carbonyl (C=O) groups is 1. The lowest BCUT2D eigenvalue weighted by atomic mass is 9.44. The van der Waals surface area contributed by atoms with Crippen molar-refractivity contribution in [3.05, 3.63) is 11.6 Å². The van der Waals surface area contributed by atoms with Gasteiger partial charge in [-0.3, -0.25) is 4.79 Å². The van der Waals surface area contributed by atoms with Crippen molar-refractivity contribution < 1.29 is 20.1 Å². The molecule has 6 unspecified atom stereocenters. The predicted octanol–water partition coefficient (Wildman–Crippen LogP) is 2.46. The van der Waals surface area contributed by atoms with E-state index in [9.17, 15) is 20.1 Å². The van der Waals surface area contributed by atoms with Crippen LogP contribution in [0, 0.1) is 28.6 Å². The smallest absolute Gasteiger partial charge is 0.159 e. The Balaban J connectivity index is 2.04. The number of Topliss-reactive ketones (excluding diaryl/α,β-unsaturated/α-hetero) is 1. The van der Waals surface area contributed by atoms with Gasteiger partial charge in [0.05, 0.1) is 18.3 Å². The van der Waals surface area contributed by atoms with Crippen LogP contribution in [0.3, 0.4) is 0 Å². The van der Waals surface area contributed by atoms with Crippen LogP contribution in [0.25, 0.3) is 0 Å². The zero-order chi connectivity index (χ0) is 17.9. The highest BCUT2D eigenvalue weighted by Crippen LogP contribution is 2.62. The molecule has 0 radical (unpaired) electrons. The van der Waals surface area contributed by atoms with Crippen LogP contribution in [-0.2, 0) is 4.79 Å². The molecular weight excluding hydrogens is 304 g/mol. The monoisotopic (exact) mass is 336 g/mol. The van der Waals surface area contributed by atoms with Crippen molar-refractivity contribution in [3.8, 4) is 0 Å². The SMILES string of the molecule is CC(C)C1(O)C=C2C(=O)CC3C(C)(CO)C(O)CCC3(C)C2CC1. The maximum Gasteiger partial charge on any atom is 0.159 e. The number of fused-ring (bicyclic) bond motifs is 3. The van der Waals surface area contributed by atoms with Gasteiger partial charge in [0.25, 0.3) is 0 Å². The number of aliphatic hydroxyl groups excluding tert-OH is 2. The molecule has 4 heteroatoms. The second-order valence-electron chi connectivity index (χ2n) is 9.24. The summed E-state index contributed by atoms with van der Waals surface area (Å²) in [6, 6.07) is 0. The van der Waals surface area contributed by atoms with Gasteiger partial charge in [-0.1, -0.05) is 27.7 Å². The van der Waals surface area contributed by atoms with Crippen molar-refractivity contribution in [2.45, 2.75) is 71.5 Å². The normalized spacial score (nSPS) is 48.8. The average molecular weight is 336 g/mol. The van der Waals surface area contributed by atoms with E-state index in [2.05, 4.69) is 6.92 Å². The Bertz CT molecular complexity index is 568. The number of hydrogen-bond acceptors (Lipinski definition) is 4. The summed E-state index contributed by atoms with van der Waals surface area (Å²) >= 11 is 0. The predicted molar refractivity (Wildman–Crippen MR) is 92.2 cm³/mol. The highest BCUT2D eigenvalue weighted by Gasteiger charge is 2.60. The zero-order valence-electron chi connectivity index (χ0n) is 15.4. The molecule has 3 rings (SSSR count). The highest BCUT2D eigenvalue weighted by atomic mass is 16.3. The van der Waals surface area contributed by atoms with E-state index < -0.39 is 17.1 Å². The molecule has 0 spiro atoms. The van der Waals surface area contributed by atoms with E-state index in [-0.39, 0.29) is 35.6 Å². The van der Waals surface area contributed by atoms with Crippen LogP contribution in [0.15, 0.2) is 11.6 Å². The van der Waals surface area contributed by atoms with Gasteiger partial charge in [0.1, 0.15) is 0 Å². The summed E-state index contributed by atoms with van der Waals surface area (Å²) in [5, 5.41) is 31.3. The van der Waals surface area contributed by atoms with Crippen LogP contribution in [-0.4, -0.2) is 39.4 Å². The fourth-order valence-corrected chi connectivity index (χ4v) is 5.73. The largest absolute Gasteiger partial charge is 0.396 e. The lowest BCUT2D eigenvalue weighted by Crippen LogP contribution is -2.60. The quantitative estimate of drug-likeness (QED) is 0.724. The molecule has 0 heterocycles. The van der Waals surface area contributed by atoms with Gasteiger partial charge in [0, 0.05) is 11.8 Å². The van der Waals surface area contributed by atoms with Crippen molar-refractivity contribution in [2.24, 2.45) is 28.6 Å². The molecule has 0 aromatic heterocycles. The maximum atomic E-state index is 12.9. The Morgan fingerprint density at radius 3 is 2.50 bits per heavy atom. The highest BCUT2D eigenvalue weighted by molar-refractivity contribution is 5.97. The molecule has 24 heavy (non-hydrogen) atoms. The average Bonchev–Trinajstić information content (AvgIpc) is 2.54. The second-order valence-corrected chi connectivity index (χ2v) is 9.24. The van der Waals surface area contributed by atoms with Crippen molar-refractivity contribution >= 4 is 5.78 Å². The summed E-state index contributed by atoms with van der Waals surface area (Å²) in [5.41, 5.74) is -0.818. The summed E-state index contributed by atoms with van der Waals surface area (Å²) in [5.74, 6) is 0.287. The third-order valence-corrected chi connectivity index (χ3v) is 7.77.